The maximum atomic E-state index is 11.8. The van der Waals surface area contributed by atoms with Crippen LogP contribution in [0.2, 0.25) is 0 Å². The molecule has 0 amide bonds. The van der Waals surface area contributed by atoms with Crippen LogP contribution in [0.3, 0.4) is 0 Å². The van der Waals surface area contributed by atoms with E-state index < -0.39 is 26.2 Å². The molecule has 0 heterocycles. The van der Waals surface area contributed by atoms with Gasteiger partial charge in [0.1, 0.15) is 6.10 Å². The van der Waals surface area contributed by atoms with Gasteiger partial charge in [0.2, 0.25) is 0 Å². The van der Waals surface area contributed by atoms with E-state index in [1.165, 1.54) is 70.6 Å². The van der Waals surface area contributed by atoms with Crippen LogP contribution in [0.25, 0.3) is 0 Å². The minimum Gasteiger partial charge on any atom is -0.394 e. The number of hydrogen-bond acceptors (Lipinski definition) is 5. The van der Waals surface area contributed by atoms with Crippen LogP contribution < -0.4 is 0 Å². The first-order chi connectivity index (χ1) is 13.0. The summed E-state index contributed by atoms with van der Waals surface area (Å²) in [6, 6.07) is 0. The van der Waals surface area contributed by atoms with Crippen LogP contribution in [0.4, 0.5) is 0 Å². The van der Waals surface area contributed by atoms with E-state index in [4.69, 9.17) is 9.84 Å². The minimum absolute atomic E-state index is 0.271. The second kappa shape index (κ2) is 18.1. The first kappa shape index (κ1) is 27.0. The van der Waals surface area contributed by atoms with Crippen molar-refractivity contribution in [3.05, 3.63) is 0 Å². The van der Waals surface area contributed by atoms with E-state index in [0.29, 0.717) is 0 Å². The molecule has 0 aromatic rings. The molecule has 6 nitrogen and oxygen atoms in total. The highest BCUT2D eigenvalue weighted by atomic mass is 31.2. The lowest BCUT2D eigenvalue weighted by atomic mass is 10.0. The first-order valence-corrected chi connectivity index (χ1v) is 12.4. The summed E-state index contributed by atoms with van der Waals surface area (Å²) in [7, 11) is -2.99. The molecule has 0 saturated heterocycles. The SMILES string of the molecule is CCCCCCCCCCCCCCCCOC([C@@H](O)CO)P(=O)(O)OC. The van der Waals surface area contributed by atoms with Gasteiger partial charge in [-0.1, -0.05) is 90.4 Å². The molecule has 0 spiro atoms. The first-order valence-electron chi connectivity index (χ1n) is 10.8. The Morgan fingerprint density at radius 1 is 0.815 bits per heavy atom. The Morgan fingerprint density at radius 2 is 1.22 bits per heavy atom. The summed E-state index contributed by atoms with van der Waals surface area (Å²) in [6.07, 6.45) is 16.1. The van der Waals surface area contributed by atoms with Crippen molar-refractivity contribution < 1.29 is 28.9 Å². The number of ether oxygens (including phenoxy) is 1. The quantitative estimate of drug-likeness (QED) is 0.193. The van der Waals surface area contributed by atoms with Crippen LogP contribution >= 0.6 is 7.60 Å². The highest BCUT2D eigenvalue weighted by Crippen LogP contribution is 2.48. The summed E-state index contributed by atoms with van der Waals surface area (Å²) in [5, 5.41) is 18.6. The Morgan fingerprint density at radius 3 is 1.59 bits per heavy atom. The second-order valence-corrected chi connectivity index (χ2v) is 9.36. The van der Waals surface area contributed by atoms with Crippen molar-refractivity contribution in [1.29, 1.82) is 0 Å². The van der Waals surface area contributed by atoms with E-state index in [1.807, 2.05) is 0 Å². The van der Waals surface area contributed by atoms with Crippen LogP contribution in [0, 0.1) is 0 Å². The molecule has 0 bridgehead atoms. The molecule has 3 N–H and O–H groups in total. The van der Waals surface area contributed by atoms with Gasteiger partial charge in [-0.05, 0) is 6.42 Å². The lowest BCUT2D eigenvalue weighted by Gasteiger charge is -2.24. The van der Waals surface area contributed by atoms with Gasteiger partial charge >= 0.3 is 7.60 Å². The van der Waals surface area contributed by atoms with Gasteiger partial charge in [0.15, 0.2) is 5.85 Å². The lowest BCUT2D eigenvalue weighted by Crippen LogP contribution is -2.32. The second-order valence-electron chi connectivity index (χ2n) is 7.35. The van der Waals surface area contributed by atoms with Crippen molar-refractivity contribution in [3.63, 3.8) is 0 Å². The number of unbranched alkanes of at least 4 members (excludes halogenated alkanes) is 13. The number of aliphatic hydroxyl groups is 2. The summed E-state index contributed by atoms with van der Waals surface area (Å²) < 4.78 is 21.6. The highest BCUT2D eigenvalue weighted by Gasteiger charge is 2.38. The van der Waals surface area contributed by atoms with Crippen LogP contribution in [0.5, 0.6) is 0 Å². The fraction of sp³-hybridized carbons (Fsp3) is 1.00. The van der Waals surface area contributed by atoms with E-state index in [-0.39, 0.29) is 6.61 Å². The number of aliphatic hydroxyl groups excluding tert-OH is 2. The summed E-state index contributed by atoms with van der Waals surface area (Å²) in [5.74, 6) is -1.39. The number of rotatable bonds is 20. The molecule has 0 rings (SSSR count). The molecule has 164 valence electrons. The third kappa shape index (κ3) is 14.7. The molecule has 0 aliphatic heterocycles. The fourth-order valence-corrected chi connectivity index (χ4v) is 4.15. The summed E-state index contributed by atoms with van der Waals surface area (Å²) in [5.41, 5.74) is 0. The maximum absolute atomic E-state index is 11.8. The van der Waals surface area contributed by atoms with Gasteiger partial charge in [-0.25, -0.2) is 0 Å². The molecule has 0 radical (unpaired) electrons. The largest absolute Gasteiger partial charge is 0.394 e. The van der Waals surface area contributed by atoms with Gasteiger partial charge in [0, 0.05) is 13.7 Å². The Kier molecular flexibility index (Phi) is 18.1. The summed E-state index contributed by atoms with van der Waals surface area (Å²) >= 11 is 0. The van der Waals surface area contributed by atoms with Crippen LogP contribution in [0.15, 0.2) is 0 Å². The fourth-order valence-electron chi connectivity index (χ4n) is 3.12. The third-order valence-corrected chi connectivity index (χ3v) is 6.55. The lowest BCUT2D eigenvalue weighted by molar-refractivity contribution is -0.0305. The highest BCUT2D eigenvalue weighted by molar-refractivity contribution is 7.53. The van der Waals surface area contributed by atoms with Gasteiger partial charge in [0.05, 0.1) is 6.61 Å². The molecule has 0 saturated carbocycles. The normalized spacial score (nSPS) is 16.2. The molecule has 2 unspecified atom stereocenters. The molecule has 0 aliphatic carbocycles. The topological polar surface area (TPSA) is 96.2 Å². The Hall–Kier alpha value is 0.0300. The van der Waals surface area contributed by atoms with Gasteiger partial charge < -0.3 is 24.4 Å². The monoisotopic (exact) mass is 410 g/mol. The smallest absolute Gasteiger partial charge is 0.359 e. The van der Waals surface area contributed by atoms with Crippen molar-refractivity contribution in [2.45, 2.75) is 109 Å². The zero-order chi connectivity index (χ0) is 20.4. The van der Waals surface area contributed by atoms with Gasteiger partial charge in [-0.15, -0.1) is 0 Å². The summed E-state index contributed by atoms with van der Waals surface area (Å²) in [4.78, 5) is 9.64. The molecule has 0 aromatic carbocycles. The average molecular weight is 411 g/mol. The zero-order valence-electron chi connectivity index (χ0n) is 17.5. The molecule has 7 heteroatoms. The average Bonchev–Trinajstić information content (AvgIpc) is 2.67. The van der Waals surface area contributed by atoms with Gasteiger partial charge in [-0.3, -0.25) is 4.57 Å². The Balaban J connectivity index is 3.52. The van der Waals surface area contributed by atoms with Crippen molar-refractivity contribution in [3.8, 4) is 0 Å². The van der Waals surface area contributed by atoms with E-state index >= 15 is 0 Å². The zero-order valence-corrected chi connectivity index (χ0v) is 18.4. The third-order valence-electron chi connectivity index (χ3n) is 4.89. The van der Waals surface area contributed by atoms with Crippen LogP contribution in [-0.2, 0) is 13.8 Å². The van der Waals surface area contributed by atoms with Gasteiger partial charge in [0.25, 0.3) is 0 Å². The van der Waals surface area contributed by atoms with E-state index in [0.717, 1.165) is 26.4 Å². The maximum Gasteiger partial charge on any atom is 0.359 e. The molecule has 0 aliphatic rings. The van der Waals surface area contributed by atoms with Crippen molar-refractivity contribution in [1.82, 2.24) is 0 Å². The van der Waals surface area contributed by atoms with Crippen molar-refractivity contribution in [2.75, 3.05) is 20.3 Å². The predicted molar refractivity (Wildman–Crippen MR) is 110 cm³/mol. The van der Waals surface area contributed by atoms with E-state index in [2.05, 4.69) is 11.4 Å². The van der Waals surface area contributed by atoms with Crippen molar-refractivity contribution >= 4 is 7.60 Å². The Bertz CT molecular complexity index is 366. The minimum atomic E-state index is -4.08. The molecule has 0 aromatic heterocycles. The van der Waals surface area contributed by atoms with E-state index in [1.54, 1.807) is 0 Å². The Labute approximate surface area is 166 Å². The molecule has 3 atom stereocenters. The standard InChI is InChI=1S/C20H43O6P/c1-3-4-5-6-7-8-9-10-11-12-13-14-15-16-17-26-20(19(22)18-21)27(23,24)25-2/h19-22H,3-18H2,1-2H3,(H,23,24)/t19-,20?/m0/s1. The van der Waals surface area contributed by atoms with Crippen LogP contribution in [-0.4, -0.2) is 47.4 Å². The van der Waals surface area contributed by atoms with Crippen molar-refractivity contribution in [2.24, 2.45) is 0 Å². The molecule has 0 fully saturated rings. The molecule has 27 heavy (non-hydrogen) atoms. The van der Waals surface area contributed by atoms with Crippen LogP contribution in [0.1, 0.15) is 96.8 Å². The summed E-state index contributed by atoms with van der Waals surface area (Å²) in [6.45, 7) is 1.88. The van der Waals surface area contributed by atoms with Gasteiger partial charge in [-0.2, -0.15) is 0 Å². The van der Waals surface area contributed by atoms with E-state index in [9.17, 15) is 14.6 Å². The molecular weight excluding hydrogens is 367 g/mol. The number of hydrogen-bond donors (Lipinski definition) is 3. The molecular formula is C20H43O6P. The predicted octanol–water partition coefficient (Wildman–Crippen LogP) is 5.00.